The van der Waals surface area contributed by atoms with Gasteiger partial charge in [0.15, 0.2) is 0 Å². The fraction of sp³-hybridized carbons (Fsp3) is 0.917. The number of carbonyl (C=O) groups is 1. The van der Waals surface area contributed by atoms with Crippen LogP contribution in [-0.2, 0) is 4.79 Å². The Morgan fingerprint density at radius 3 is 2.35 bits per heavy atom. The average molecular weight is 251 g/mol. The monoisotopic (exact) mass is 251 g/mol. The molecule has 0 aromatic rings. The predicted octanol–water partition coefficient (Wildman–Crippen LogP) is 3.02. The molecule has 17 heavy (non-hydrogen) atoms. The fourth-order valence-electron chi connectivity index (χ4n) is 2.38. The van der Waals surface area contributed by atoms with Crippen LogP contribution in [0.1, 0.15) is 39.0 Å². The van der Waals surface area contributed by atoms with E-state index in [4.69, 9.17) is 0 Å². The van der Waals surface area contributed by atoms with Crippen molar-refractivity contribution >= 4 is 5.78 Å². The molecule has 1 aliphatic rings. The summed E-state index contributed by atoms with van der Waals surface area (Å²) in [5.41, 5.74) is 0. The Balaban J connectivity index is 2.44. The molecule has 0 aromatic heterocycles. The van der Waals surface area contributed by atoms with Crippen molar-refractivity contribution in [2.45, 2.75) is 45.2 Å². The van der Waals surface area contributed by atoms with Crippen LogP contribution in [0.2, 0.25) is 0 Å². The van der Waals surface area contributed by atoms with Gasteiger partial charge in [-0.15, -0.1) is 0 Å². The second-order valence-electron chi connectivity index (χ2n) is 4.77. The van der Waals surface area contributed by atoms with Gasteiger partial charge in [-0.1, -0.05) is 19.8 Å². The SMILES string of the molecule is CCCN(CC(=O)C1CCCC1)CC(F)(F)F. The number of nitrogens with zero attached hydrogens (tertiary/aromatic N) is 1. The highest BCUT2D eigenvalue weighted by atomic mass is 19.4. The van der Waals surface area contributed by atoms with Gasteiger partial charge in [-0.25, -0.2) is 0 Å². The molecule has 0 heterocycles. The standard InChI is InChI=1S/C12H20F3NO/c1-2-7-16(9-12(13,14)15)8-11(17)10-5-3-4-6-10/h10H,2-9H2,1H3. The maximum Gasteiger partial charge on any atom is 0.401 e. The van der Waals surface area contributed by atoms with Gasteiger partial charge < -0.3 is 0 Å². The van der Waals surface area contributed by atoms with Crippen molar-refractivity contribution in [1.82, 2.24) is 4.90 Å². The minimum Gasteiger partial charge on any atom is -0.298 e. The maximum atomic E-state index is 12.3. The zero-order valence-corrected chi connectivity index (χ0v) is 10.2. The number of carbonyl (C=O) groups excluding carboxylic acids is 1. The van der Waals surface area contributed by atoms with Crippen LogP contribution < -0.4 is 0 Å². The molecule has 0 saturated heterocycles. The molecule has 0 N–H and O–H groups in total. The lowest BCUT2D eigenvalue weighted by atomic mass is 10.0. The summed E-state index contributed by atoms with van der Waals surface area (Å²) in [6, 6.07) is 0. The quantitative estimate of drug-likeness (QED) is 0.723. The maximum absolute atomic E-state index is 12.3. The number of hydrogen-bond donors (Lipinski definition) is 0. The number of halogens is 3. The number of ketones is 1. The van der Waals surface area contributed by atoms with Crippen LogP contribution in [0.15, 0.2) is 0 Å². The lowest BCUT2D eigenvalue weighted by Crippen LogP contribution is -2.39. The third kappa shape index (κ3) is 5.52. The summed E-state index contributed by atoms with van der Waals surface area (Å²) in [5.74, 6) is -0.0113. The van der Waals surface area contributed by atoms with Crippen molar-refractivity contribution < 1.29 is 18.0 Å². The summed E-state index contributed by atoms with van der Waals surface area (Å²) in [6.45, 7) is 1.14. The van der Waals surface area contributed by atoms with Gasteiger partial charge in [-0.2, -0.15) is 13.2 Å². The van der Waals surface area contributed by atoms with Crippen molar-refractivity contribution in [1.29, 1.82) is 0 Å². The summed E-state index contributed by atoms with van der Waals surface area (Å²) >= 11 is 0. The van der Waals surface area contributed by atoms with E-state index in [0.717, 1.165) is 25.7 Å². The van der Waals surface area contributed by atoms with Gasteiger partial charge in [-0.05, 0) is 25.8 Å². The van der Waals surface area contributed by atoms with Crippen molar-refractivity contribution in [3.63, 3.8) is 0 Å². The number of hydrogen-bond acceptors (Lipinski definition) is 2. The van der Waals surface area contributed by atoms with Gasteiger partial charge in [0.1, 0.15) is 5.78 Å². The van der Waals surface area contributed by atoms with Crippen LogP contribution in [0.25, 0.3) is 0 Å². The highest BCUT2D eigenvalue weighted by molar-refractivity contribution is 5.83. The van der Waals surface area contributed by atoms with E-state index in [-0.39, 0.29) is 18.2 Å². The summed E-state index contributed by atoms with van der Waals surface area (Å²) in [6.07, 6.45) is 0.182. The van der Waals surface area contributed by atoms with E-state index in [9.17, 15) is 18.0 Å². The van der Waals surface area contributed by atoms with E-state index in [1.807, 2.05) is 6.92 Å². The van der Waals surface area contributed by atoms with E-state index in [0.29, 0.717) is 13.0 Å². The van der Waals surface area contributed by atoms with Crippen LogP contribution in [-0.4, -0.2) is 36.5 Å². The van der Waals surface area contributed by atoms with Gasteiger partial charge in [0.25, 0.3) is 0 Å². The van der Waals surface area contributed by atoms with Crippen LogP contribution in [0.5, 0.6) is 0 Å². The second kappa shape index (κ2) is 6.38. The van der Waals surface area contributed by atoms with Crippen molar-refractivity contribution in [3.05, 3.63) is 0 Å². The molecule has 0 unspecified atom stereocenters. The van der Waals surface area contributed by atoms with Crippen LogP contribution in [0, 0.1) is 5.92 Å². The normalized spacial score (nSPS) is 17.9. The van der Waals surface area contributed by atoms with Crippen LogP contribution >= 0.6 is 0 Å². The molecule has 100 valence electrons. The van der Waals surface area contributed by atoms with Gasteiger partial charge >= 0.3 is 6.18 Å². The first-order valence-corrected chi connectivity index (χ1v) is 6.24. The van der Waals surface area contributed by atoms with E-state index in [2.05, 4.69) is 0 Å². The smallest absolute Gasteiger partial charge is 0.298 e. The van der Waals surface area contributed by atoms with Crippen LogP contribution in [0.3, 0.4) is 0 Å². The average Bonchev–Trinajstić information content (AvgIpc) is 2.67. The summed E-state index contributed by atoms with van der Waals surface area (Å²) in [4.78, 5) is 13.0. The molecule has 1 saturated carbocycles. The largest absolute Gasteiger partial charge is 0.401 e. The van der Waals surface area contributed by atoms with Gasteiger partial charge in [-0.3, -0.25) is 9.69 Å². The van der Waals surface area contributed by atoms with E-state index in [1.54, 1.807) is 0 Å². The first-order chi connectivity index (χ1) is 7.92. The summed E-state index contributed by atoms with van der Waals surface area (Å²) in [7, 11) is 0. The van der Waals surface area contributed by atoms with Gasteiger partial charge in [0.05, 0.1) is 13.1 Å². The lowest BCUT2D eigenvalue weighted by molar-refractivity contribution is -0.149. The first-order valence-electron chi connectivity index (χ1n) is 6.24. The molecule has 0 amide bonds. The lowest BCUT2D eigenvalue weighted by Gasteiger charge is -2.23. The van der Waals surface area contributed by atoms with Gasteiger partial charge in [0, 0.05) is 5.92 Å². The molecular weight excluding hydrogens is 231 g/mol. The Labute approximate surface area is 100 Å². The Kier molecular flexibility index (Phi) is 5.43. The molecule has 1 fully saturated rings. The highest BCUT2D eigenvalue weighted by Crippen LogP contribution is 2.26. The molecule has 0 bridgehead atoms. The fourth-order valence-corrected chi connectivity index (χ4v) is 2.38. The molecule has 1 rings (SSSR count). The first kappa shape index (κ1) is 14.5. The molecule has 0 aromatic carbocycles. The summed E-state index contributed by atoms with van der Waals surface area (Å²) < 4.78 is 36.9. The molecule has 0 atom stereocenters. The van der Waals surface area contributed by atoms with Crippen molar-refractivity contribution in [2.75, 3.05) is 19.6 Å². The topological polar surface area (TPSA) is 20.3 Å². The molecule has 0 aliphatic heterocycles. The van der Waals surface area contributed by atoms with E-state index < -0.39 is 12.7 Å². The molecule has 0 radical (unpaired) electrons. The molecule has 0 spiro atoms. The third-order valence-electron chi connectivity index (χ3n) is 3.13. The Morgan fingerprint density at radius 2 is 1.88 bits per heavy atom. The van der Waals surface area contributed by atoms with Gasteiger partial charge in [0.2, 0.25) is 0 Å². The minimum absolute atomic E-state index is 0.00240. The van der Waals surface area contributed by atoms with Crippen molar-refractivity contribution in [3.8, 4) is 0 Å². The summed E-state index contributed by atoms with van der Waals surface area (Å²) in [5, 5.41) is 0. The third-order valence-corrected chi connectivity index (χ3v) is 3.13. The van der Waals surface area contributed by atoms with Crippen molar-refractivity contribution in [2.24, 2.45) is 5.92 Å². The molecule has 1 aliphatic carbocycles. The zero-order valence-electron chi connectivity index (χ0n) is 10.2. The number of rotatable bonds is 6. The van der Waals surface area contributed by atoms with E-state index in [1.165, 1.54) is 4.90 Å². The van der Waals surface area contributed by atoms with Crippen LogP contribution in [0.4, 0.5) is 13.2 Å². The predicted molar refractivity (Wildman–Crippen MR) is 59.8 cm³/mol. The Bertz CT molecular complexity index is 247. The van der Waals surface area contributed by atoms with E-state index >= 15 is 0 Å². The minimum atomic E-state index is -4.22. The Morgan fingerprint density at radius 1 is 1.29 bits per heavy atom. The Hall–Kier alpha value is -0.580. The number of alkyl halides is 3. The highest BCUT2D eigenvalue weighted by Gasteiger charge is 2.32. The molecular formula is C12H20F3NO. The zero-order chi connectivity index (χ0) is 12.9. The number of Topliss-reactive ketones (excluding diaryl/α,β-unsaturated/α-hetero) is 1. The molecule has 5 heteroatoms. The second-order valence-corrected chi connectivity index (χ2v) is 4.77. The molecule has 2 nitrogen and oxygen atoms in total.